The second kappa shape index (κ2) is 9.41. The third-order valence-electron chi connectivity index (χ3n) is 11.8. The van der Waals surface area contributed by atoms with Crippen LogP contribution in [0.2, 0.25) is 0 Å². The highest BCUT2D eigenvalue weighted by molar-refractivity contribution is 5.70. The Kier molecular flexibility index (Phi) is 6.76. The maximum absolute atomic E-state index is 11.3. The summed E-state index contributed by atoms with van der Waals surface area (Å²) < 4.78 is 6.80. The van der Waals surface area contributed by atoms with Gasteiger partial charge in [-0.3, -0.25) is 4.79 Å². The largest absolute Gasteiger partial charge is 0.481 e. The van der Waals surface area contributed by atoms with Crippen molar-refractivity contribution in [1.29, 1.82) is 0 Å². The molecule has 1 saturated heterocycles. The van der Waals surface area contributed by atoms with Crippen molar-refractivity contribution in [2.24, 2.45) is 57.4 Å². The van der Waals surface area contributed by atoms with Gasteiger partial charge in [0.25, 0.3) is 0 Å². The smallest absolute Gasteiger partial charge is 0.307 e. The lowest BCUT2D eigenvalue weighted by Gasteiger charge is -2.60. The Bertz CT molecular complexity index is 913. The van der Waals surface area contributed by atoms with Gasteiger partial charge in [-0.2, -0.15) is 0 Å². The average molecular weight is 484 g/mol. The van der Waals surface area contributed by atoms with Crippen LogP contribution < -0.4 is 0 Å². The van der Waals surface area contributed by atoms with Crippen LogP contribution in [-0.2, 0) is 9.53 Å². The van der Waals surface area contributed by atoms with Gasteiger partial charge in [0.2, 0.25) is 0 Å². The highest BCUT2D eigenvalue weighted by atomic mass is 16.5. The summed E-state index contributed by atoms with van der Waals surface area (Å²) in [6.07, 6.45) is 14.0. The summed E-state index contributed by atoms with van der Waals surface area (Å²) in [5.74, 6) is 3.99. The number of fused-ring (bicyclic) bond motifs is 7. The van der Waals surface area contributed by atoms with Crippen LogP contribution in [0.5, 0.6) is 0 Å². The van der Waals surface area contributed by atoms with E-state index in [-0.39, 0.29) is 6.42 Å². The first-order chi connectivity index (χ1) is 16.7. The monoisotopic (exact) mass is 483 g/mol. The number of hydrogen-bond donors (Lipinski definition) is 1. The van der Waals surface area contributed by atoms with Crippen molar-refractivity contribution in [1.82, 2.24) is 0 Å². The molecule has 1 aliphatic heterocycles. The van der Waals surface area contributed by atoms with E-state index >= 15 is 0 Å². The van der Waals surface area contributed by atoms with Gasteiger partial charge in [0.1, 0.15) is 0 Å². The van der Waals surface area contributed by atoms with E-state index in [9.17, 15) is 9.90 Å². The second-order valence-electron chi connectivity index (χ2n) is 13.5. The molecule has 0 amide bonds. The van der Waals surface area contributed by atoms with Gasteiger partial charge >= 0.3 is 5.97 Å². The zero-order valence-corrected chi connectivity index (χ0v) is 22.2. The molecule has 0 bridgehead atoms. The summed E-state index contributed by atoms with van der Waals surface area (Å²) in [5, 5.41) is 13.0. The van der Waals surface area contributed by atoms with E-state index in [4.69, 9.17) is 10.3 Å². The zero-order chi connectivity index (χ0) is 25.0. The molecule has 1 N–H and O–H groups in total. The summed E-state index contributed by atoms with van der Waals surface area (Å²) in [6, 6.07) is 0. The first-order valence-electron chi connectivity index (χ1n) is 14.2. The molecule has 6 nitrogen and oxygen atoms in total. The Labute approximate surface area is 210 Å². The van der Waals surface area contributed by atoms with Gasteiger partial charge in [0, 0.05) is 11.5 Å². The molecule has 194 valence electrons. The molecule has 0 aromatic heterocycles. The molecule has 6 heteroatoms. The highest BCUT2D eigenvalue weighted by Gasteiger charge is 2.65. The average Bonchev–Trinajstić information content (AvgIpc) is 3.29. The van der Waals surface area contributed by atoms with Crippen LogP contribution in [0.15, 0.2) is 16.8 Å². The second-order valence-corrected chi connectivity index (χ2v) is 13.5. The fraction of sp³-hybridized carbons (Fsp3) is 0.897. The Hall–Kier alpha value is -1.52. The van der Waals surface area contributed by atoms with Crippen molar-refractivity contribution in [3.8, 4) is 0 Å². The van der Waals surface area contributed by atoms with Gasteiger partial charge in [-0.1, -0.05) is 44.5 Å². The number of nitrogens with zero attached hydrogens (tertiary/aromatic N) is 3. The normalized spacial score (nSPS) is 46.9. The van der Waals surface area contributed by atoms with Crippen LogP contribution in [0.4, 0.5) is 0 Å². The molecule has 4 fully saturated rings. The van der Waals surface area contributed by atoms with E-state index < -0.39 is 5.97 Å². The quantitative estimate of drug-likeness (QED) is 0.177. The van der Waals surface area contributed by atoms with Crippen molar-refractivity contribution in [3.05, 3.63) is 22.1 Å². The van der Waals surface area contributed by atoms with Crippen LogP contribution in [0.1, 0.15) is 91.9 Å². The molecule has 0 aromatic rings. The number of ether oxygens (including phenoxy) is 1. The van der Waals surface area contributed by atoms with Crippen LogP contribution in [-0.4, -0.2) is 29.8 Å². The summed E-state index contributed by atoms with van der Waals surface area (Å²) in [6.45, 7) is 10.3. The lowest BCUT2D eigenvalue weighted by Crippen LogP contribution is -2.53. The topological polar surface area (TPSA) is 95.3 Å². The summed E-state index contributed by atoms with van der Waals surface area (Å²) in [5.41, 5.74) is 10.5. The number of carboxylic acids is 1. The molecule has 11 atom stereocenters. The molecule has 5 rings (SSSR count). The van der Waals surface area contributed by atoms with Crippen LogP contribution in [0, 0.1) is 52.3 Å². The minimum atomic E-state index is -0.683. The maximum Gasteiger partial charge on any atom is 0.307 e. The molecular formula is C29H45N3O3. The molecular weight excluding hydrogens is 438 g/mol. The minimum Gasteiger partial charge on any atom is -0.481 e. The molecule has 0 spiro atoms. The first-order valence-corrected chi connectivity index (χ1v) is 14.2. The summed E-state index contributed by atoms with van der Waals surface area (Å²) in [4.78, 5) is 14.2. The van der Waals surface area contributed by atoms with E-state index in [1.165, 1.54) is 32.1 Å². The Balaban J connectivity index is 1.27. The van der Waals surface area contributed by atoms with Crippen molar-refractivity contribution in [2.45, 2.75) is 104 Å². The molecule has 0 radical (unpaired) electrons. The zero-order valence-electron chi connectivity index (χ0n) is 22.2. The van der Waals surface area contributed by atoms with E-state index in [0.717, 1.165) is 49.0 Å². The fourth-order valence-electron chi connectivity index (χ4n) is 10.0. The standard InChI is InChI=1S/C29H45N3O3/c1-17(16-31-32-30)5-8-24-18(2)27-25(35-24)15-23-21-7-6-20-13-19(14-26(33)34)9-11-28(20,3)22(21)10-12-29(23,27)4/h9,17-18,20-25,27H,5-8,10-16H2,1-4H3,(H,33,34)/t17?,18-,20?,21-,22+,23+,24-,25+,27+,28+,29+/m1/s1. The van der Waals surface area contributed by atoms with E-state index in [0.29, 0.717) is 53.3 Å². The lowest BCUT2D eigenvalue weighted by molar-refractivity contribution is -0.136. The van der Waals surface area contributed by atoms with Crippen molar-refractivity contribution in [3.63, 3.8) is 0 Å². The number of aliphatic carboxylic acids is 1. The number of hydrogen-bond acceptors (Lipinski definition) is 3. The van der Waals surface area contributed by atoms with Crippen molar-refractivity contribution >= 4 is 5.97 Å². The third kappa shape index (κ3) is 4.23. The first kappa shape index (κ1) is 25.1. The van der Waals surface area contributed by atoms with E-state index in [2.05, 4.69) is 43.8 Å². The Morgan fingerprint density at radius 2 is 2.09 bits per heavy atom. The minimum absolute atomic E-state index is 0.228. The molecule has 4 aliphatic carbocycles. The maximum atomic E-state index is 11.3. The number of azide groups is 1. The molecule has 3 saturated carbocycles. The van der Waals surface area contributed by atoms with Gasteiger partial charge in [-0.05, 0) is 116 Å². The summed E-state index contributed by atoms with van der Waals surface area (Å²) in [7, 11) is 0. The number of carboxylic acid groups (broad SMARTS) is 1. The predicted molar refractivity (Wildman–Crippen MR) is 137 cm³/mol. The lowest BCUT2D eigenvalue weighted by atomic mass is 9.44. The predicted octanol–water partition coefficient (Wildman–Crippen LogP) is 7.40. The molecule has 35 heavy (non-hydrogen) atoms. The van der Waals surface area contributed by atoms with Crippen molar-refractivity contribution in [2.75, 3.05) is 6.54 Å². The van der Waals surface area contributed by atoms with Crippen LogP contribution in [0.25, 0.3) is 10.4 Å². The van der Waals surface area contributed by atoms with Gasteiger partial charge in [-0.25, -0.2) is 0 Å². The third-order valence-corrected chi connectivity index (χ3v) is 11.8. The van der Waals surface area contributed by atoms with Gasteiger partial charge < -0.3 is 9.84 Å². The van der Waals surface area contributed by atoms with Gasteiger partial charge in [-0.15, -0.1) is 0 Å². The van der Waals surface area contributed by atoms with E-state index in [1.54, 1.807) is 0 Å². The Morgan fingerprint density at radius 1 is 1.29 bits per heavy atom. The molecule has 0 aromatic carbocycles. The van der Waals surface area contributed by atoms with Gasteiger partial charge in [0.05, 0.1) is 18.6 Å². The van der Waals surface area contributed by atoms with Crippen LogP contribution in [0.3, 0.4) is 0 Å². The molecule has 5 aliphatic rings. The SMILES string of the molecule is CC(CC[C@H]1O[C@H]2C[C@H]3[C@@H]4CCC5CC(CC(=O)O)=CC[C@]5(C)[C@H]4CC[C@]3(C)[C@H]2[C@@H]1C)CN=[N+]=[N-]. The van der Waals surface area contributed by atoms with Gasteiger partial charge in [0.15, 0.2) is 0 Å². The molecule has 2 unspecified atom stereocenters. The fourth-order valence-corrected chi connectivity index (χ4v) is 10.0. The van der Waals surface area contributed by atoms with Crippen molar-refractivity contribution < 1.29 is 14.6 Å². The molecule has 1 heterocycles. The van der Waals surface area contributed by atoms with E-state index in [1.807, 2.05) is 0 Å². The summed E-state index contributed by atoms with van der Waals surface area (Å²) >= 11 is 0. The number of carbonyl (C=O) groups is 1. The number of allylic oxidation sites excluding steroid dienone is 1. The number of rotatable bonds is 7. The Morgan fingerprint density at radius 3 is 2.83 bits per heavy atom. The van der Waals surface area contributed by atoms with Crippen LogP contribution >= 0.6 is 0 Å². The highest BCUT2D eigenvalue weighted by Crippen LogP contribution is 2.70.